The van der Waals surface area contributed by atoms with Crippen molar-refractivity contribution in [3.63, 3.8) is 0 Å². The number of ether oxygens (including phenoxy) is 3. The minimum atomic E-state index is -3.83. The molecule has 0 radical (unpaired) electrons. The number of halogens is 2. The number of carbonyl (C=O) groups is 1. The first-order valence-electron chi connectivity index (χ1n) is 13.1. The number of morpholine rings is 1. The van der Waals surface area contributed by atoms with E-state index in [1.165, 1.54) is 60.2 Å². The van der Waals surface area contributed by atoms with Crippen LogP contribution in [0.15, 0.2) is 47.4 Å². The van der Waals surface area contributed by atoms with Crippen LogP contribution in [0.25, 0.3) is 10.2 Å². The van der Waals surface area contributed by atoms with E-state index in [0.29, 0.717) is 41.6 Å². The summed E-state index contributed by atoms with van der Waals surface area (Å²) in [7, 11) is -0.812. The lowest BCUT2D eigenvalue weighted by Crippen LogP contribution is -2.39. The van der Waals surface area contributed by atoms with Crippen molar-refractivity contribution in [2.75, 3.05) is 84.8 Å². The van der Waals surface area contributed by atoms with E-state index in [1.807, 2.05) is 0 Å². The van der Waals surface area contributed by atoms with Crippen molar-refractivity contribution in [2.45, 2.75) is 11.3 Å². The fourth-order valence-corrected chi connectivity index (χ4v) is 6.81. The topological polar surface area (TPSA) is 102 Å². The van der Waals surface area contributed by atoms with Crippen molar-refractivity contribution in [2.24, 2.45) is 0 Å². The predicted octanol–water partition coefficient (Wildman–Crippen LogP) is 3.51. The maximum absolute atomic E-state index is 14.4. The molecule has 1 fully saturated rings. The molecule has 4 rings (SSSR count). The highest BCUT2D eigenvalue weighted by Crippen LogP contribution is 2.31. The van der Waals surface area contributed by atoms with Crippen LogP contribution in [0.1, 0.15) is 16.8 Å². The zero-order chi connectivity index (χ0) is 28.5. The van der Waals surface area contributed by atoms with E-state index < -0.39 is 15.8 Å². The molecule has 226 valence electrons. The fraction of sp³-hybridized carbons (Fsp3) is 0.481. The molecule has 2 heterocycles. The first-order chi connectivity index (χ1) is 19.3. The number of anilines is 1. The second kappa shape index (κ2) is 15.8. The van der Waals surface area contributed by atoms with Gasteiger partial charge in [0.05, 0.1) is 36.0 Å². The van der Waals surface area contributed by atoms with Gasteiger partial charge in [0.25, 0.3) is 5.91 Å². The van der Waals surface area contributed by atoms with Gasteiger partial charge in [-0.3, -0.25) is 14.6 Å². The van der Waals surface area contributed by atoms with Crippen LogP contribution in [0, 0.1) is 5.82 Å². The van der Waals surface area contributed by atoms with Crippen molar-refractivity contribution in [3.8, 4) is 0 Å². The number of aromatic nitrogens is 1. The fourth-order valence-electron chi connectivity index (χ4n) is 4.39. The highest BCUT2D eigenvalue weighted by molar-refractivity contribution is 7.89. The molecule has 0 aliphatic carbocycles. The smallest absolute Gasteiger partial charge is 0.260 e. The molecule has 0 atom stereocenters. The number of amides is 1. The number of rotatable bonds is 14. The lowest BCUT2D eigenvalue weighted by atomic mass is 10.2. The van der Waals surface area contributed by atoms with Gasteiger partial charge in [0, 0.05) is 59.1 Å². The van der Waals surface area contributed by atoms with Gasteiger partial charge in [-0.1, -0.05) is 17.4 Å². The second-order valence-corrected chi connectivity index (χ2v) is 12.2. The summed E-state index contributed by atoms with van der Waals surface area (Å²) in [4.78, 5) is 22.1. The van der Waals surface area contributed by atoms with Crippen molar-refractivity contribution < 1.29 is 31.8 Å². The molecule has 0 spiro atoms. The summed E-state index contributed by atoms with van der Waals surface area (Å²) < 4.78 is 58.4. The Bertz CT molecular complexity index is 1360. The molecule has 1 amide bonds. The highest BCUT2D eigenvalue weighted by atomic mass is 35.5. The number of sulfonamides is 1. The van der Waals surface area contributed by atoms with Crippen LogP contribution >= 0.6 is 23.7 Å². The standard InChI is InChI=1S/C27H35FN4O6S2.ClH/c1-36-17-15-31(16-18-37-2)40(34,35)22-9-7-21(8-10-22)26(33)32(12-4-11-30-13-19-38-20-14-30)27-29-25-23(28)5-3-6-24(25)39-27;/h3,5-10H,4,11-20H2,1-2H3;1H. The molecule has 14 heteroatoms. The van der Waals surface area contributed by atoms with Crippen LogP contribution in [-0.4, -0.2) is 108 Å². The lowest BCUT2D eigenvalue weighted by molar-refractivity contribution is 0.0376. The summed E-state index contributed by atoms with van der Waals surface area (Å²) >= 11 is 1.25. The third kappa shape index (κ3) is 8.42. The van der Waals surface area contributed by atoms with Crippen molar-refractivity contribution in [1.82, 2.24) is 14.2 Å². The van der Waals surface area contributed by atoms with E-state index in [2.05, 4.69) is 9.88 Å². The summed E-state index contributed by atoms with van der Waals surface area (Å²) in [6, 6.07) is 10.6. The SMILES string of the molecule is COCCN(CCOC)S(=O)(=O)c1ccc(C(=O)N(CCCN2CCOCC2)c2nc3c(F)cccc3s2)cc1.Cl. The minimum absolute atomic E-state index is 0. The molecule has 0 saturated carbocycles. The zero-order valence-electron chi connectivity index (χ0n) is 23.2. The Morgan fingerprint density at radius 1 is 1.05 bits per heavy atom. The first kappa shape index (κ1) is 33.3. The molecule has 3 aromatic rings. The Morgan fingerprint density at radius 2 is 1.71 bits per heavy atom. The number of hydrogen-bond acceptors (Lipinski definition) is 9. The highest BCUT2D eigenvalue weighted by Gasteiger charge is 2.26. The van der Waals surface area contributed by atoms with Crippen molar-refractivity contribution >= 4 is 55.0 Å². The average Bonchev–Trinajstić information content (AvgIpc) is 3.41. The van der Waals surface area contributed by atoms with Crippen LogP contribution < -0.4 is 4.90 Å². The molecular formula is C27H36ClFN4O6S2. The van der Waals surface area contributed by atoms with Gasteiger partial charge in [-0.25, -0.2) is 17.8 Å². The number of methoxy groups -OCH3 is 2. The van der Waals surface area contributed by atoms with Crippen LogP contribution in [0.2, 0.25) is 0 Å². The summed E-state index contributed by atoms with van der Waals surface area (Å²) in [6.45, 7) is 5.02. The maximum atomic E-state index is 14.4. The first-order valence-corrected chi connectivity index (χ1v) is 15.4. The van der Waals surface area contributed by atoms with Crippen LogP contribution in [0.3, 0.4) is 0 Å². The number of thiazole rings is 1. The Balaban J connectivity index is 0.00000462. The summed E-state index contributed by atoms with van der Waals surface area (Å²) in [5.74, 6) is -0.775. The summed E-state index contributed by atoms with van der Waals surface area (Å²) in [5.41, 5.74) is 0.535. The summed E-state index contributed by atoms with van der Waals surface area (Å²) in [6.07, 6.45) is 0.685. The lowest BCUT2D eigenvalue weighted by Gasteiger charge is -2.27. The van der Waals surface area contributed by atoms with Gasteiger partial charge in [0.15, 0.2) is 5.13 Å². The van der Waals surface area contributed by atoms with Gasteiger partial charge in [0.1, 0.15) is 11.3 Å². The van der Waals surface area contributed by atoms with E-state index in [4.69, 9.17) is 14.2 Å². The molecule has 0 N–H and O–H groups in total. The van der Waals surface area contributed by atoms with Gasteiger partial charge < -0.3 is 14.2 Å². The van der Waals surface area contributed by atoms with Gasteiger partial charge in [-0.05, 0) is 42.8 Å². The van der Waals surface area contributed by atoms with E-state index in [9.17, 15) is 17.6 Å². The van der Waals surface area contributed by atoms with Crippen LogP contribution in [-0.2, 0) is 24.2 Å². The van der Waals surface area contributed by atoms with E-state index in [-0.39, 0.29) is 55.0 Å². The Labute approximate surface area is 250 Å². The molecule has 10 nitrogen and oxygen atoms in total. The molecule has 1 aliphatic rings. The Kier molecular flexibility index (Phi) is 12.9. The molecule has 0 unspecified atom stereocenters. The Morgan fingerprint density at radius 3 is 2.32 bits per heavy atom. The largest absolute Gasteiger partial charge is 0.383 e. The van der Waals surface area contributed by atoms with Gasteiger partial charge in [-0.2, -0.15) is 4.31 Å². The zero-order valence-corrected chi connectivity index (χ0v) is 25.6. The Hall–Kier alpha value is -2.23. The van der Waals surface area contributed by atoms with E-state index >= 15 is 0 Å². The molecule has 1 saturated heterocycles. The number of hydrogen-bond donors (Lipinski definition) is 0. The van der Waals surface area contributed by atoms with Crippen LogP contribution in [0.5, 0.6) is 0 Å². The molecule has 0 bridgehead atoms. The maximum Gasteiger partial charge on any atom is 0.260 e. The molecule has 2 aromatic carbocycles. The third-order valence-electron chi connectivity index (χ3n) is 6.62. The second-order valence-electron chi connectivity index (χ2n) is 9.26. The predicted molar refractivity (Wildman–Crippen MR) is 159 cm³/mol. The normalized spacial score (nSPS) is 14.3. The van der Waals surface area contributed by atoms with Crippen molar-refractivity contribution in [3.05, 3.63) is 53.8 Å². The molecule has 1 aliphatic heterocycles. The summed E-state index contributed by atoms with van der Waals surface area (Å²) in [5, 5.41) is 0.397. The average molecular weight is 631 g/mol. The van der Waals surface area contributed by atoms with E-state index in [1.54, 1.807) is 17.0 Å². The quantitative estimate of drug-likeness (QED) is 0.267. The number of nitrogens with zero attached hydrogens (tertiary/aromatic N) is 4. The van der Waals surface area contributed by atoms with Crippen molar-refractivity contribution in [1.29, 1.82) is 0 Å². The van der Waals surface area contributed by atoms with Crippen LogP contribution in [0.4, 0.5) is 9.52 Å². The molecular weight excluding hydrogens is 595 g/mol. The third-order valence-corrected chi connectivity index (χ3v) is 9.58. The van der Waals surface area contributed by atoms with Gasteiger partial charge in [0.2, 0.25) is 10.0 Å². The number of benzene rings is 2. The number of fused-ring (bicyclic) bond motifs is 1. The molecule has 41 heavy (non-hydrogen) atoms. The number of carbonyl (C=O) groups excluding carboxylic acids is 1. The number of para-hydroxylation sites is 1. The van der Waals surface area contributed by atoms with Gasteiger partial charge >= 0.3 is 0 Å². The minimum Gasteiger partial charge on any atom is -0.383 e. The molecule has 1 aromatic heterocycles. The van der Waals surface area contributed by atoms with E-state index in [0.717, 1.165) is 19.6 Å². The van der Waals surface area contributed by atoms with Gasteiger partial charge in [-0.15, -0.1) is 12.4 Å². The monoisotopic (exact) mass is 630 g/mol.